The first kappa shape index (κ1) is 20.3. The van der Waals surface area contributed by atoms with Gasteiger partial charge < -0.3 is 14.2 Å². The third kappa shape index (κ3) is 3.74. The van der Waals surface area contributed by atoms with Crippen molar-refractivity contribution in [2.24, 2.45) is 0 Å². The van der Waals surface area contributed by atoms with Crippen LogP contribution >= 0.6 is 0 Å². The van der Waals surface area contributed by atoms with E-state index >= 15 is 0 Å². The standard InChI is InChI=1S/C26H24N2O4/c1-17-25-20(15-28(16-31-25)12-9-19-5-3-4-6-22(19)30-2)14-21-24(29)23(32-26(17)21)13-18-7-10-27-11-8-18/h3-8,10-11,13-14H,9,12,15-16H2,1-2H3/b23-13-. The summed E-state index contributed by atoms with van der Waals surface area (Å²) in [5.41, 5.74) is 4.51. The topological polar surface area (TPSA) is 60.9 Å². The molecule has 0 aliphatic carbocycles. The average molecular weight is 428 g/mol. The van der Waals surface area contributed by atoms with Crippen LogP contribution in [0.4, 0.5) is 0 Å². The number of aromatic nitrogens is 1. The van der Waals surface area contributed by atoms with Crippen LogP contribution in [0.15, 0.2) is 60.6 Å². The largest absolute Gasteiger partial charge is 0.496 e. The number of allylic oxidation sites excluding steroid dienone is 1. The summed E-state index contributed by atoms with van der Waals surface area (Å²) in [6.45, 7) is 3.99. The summed E-state index contributed by atoms with van der Waals surface area (Å²) in [5.74, 6) is 2.53. The Bertz CT molecular complexity index is 1200. The highest BCUT2D eigenvalue weighted by atomic mass is 16.5. The van der Waals surface area contributed by atoms with Crippen molar-refractivity contribution in [3.63, 3.8) is 0 Å². The van der Waals surface area contributed by atoms with Crippen LogP contribution in [0, 0.1) is 6.92 Å². The van der Waals surface area contributed by atoms with E-state index in [1.165, 1.54) is 5.56 Å². The third-order valence-electron chi connectivity index (χ3n) is 5.90. The molecule has 0 N–H and O–H groups in total. The van der Waals surface area contributed by atoms with Crippen molar-refractivity contribution in [3.05, 3.63) is 88.4 Å². The number of ether oxygens (including phenoxy) is 3. The lowest BCUT2D eigenvalue weighted by Crippen LogP contribution is -2.34. The van der Waals surface area contributed by atoms with Gasteiger partial charge >= 0.3 is 0 Å². The summed E-state index contributed by atoms with van der Waals surface area (Å²) < 4.78 is 17.5. The van der Waals surface area contributed by atoms with Crippen LogP contribution in [0.2, 0.25) is 0 Å². The van der Waals surface area contributed by atoms with E-state index in [0.29, 0.717) is 23.8 Å². The van der Waals surface area contributed by atoms with Gasteiger partial charge in [0.25, 0.3) is 0 Å². The fraction of sp³-hybridized carbons (Fsp3) is 0.231. The van der Waals surface area contributed by atoms with Crippen LogP contribution in [-0.4, -0.2) is 36.1 Å². The molecule has 162 valence electrons. The maximum atomic E-state index is 13.0. The number of pyridine rings is 1. The van der Waals surface area contributed by atoms with Gasteiger partial charge in [0, 0.05) is 36.6 Å². The Morgan fingerprint density at radius 1 is 1.16 bits per heavy atom. The Morgan fingerprint density at radius 3 is 2.78 bits per heavy atom. The van der Waals surface area contributed by atoms with Gasteiger partial charge in [-0.2, -0.15) is 0 Å². The summed E-state index contributed by atoms with van der Waals surface area (Å²) in [6.07, 6.45) is 5.99. The average Bonchev–Trinajstić information content (AvgIpc) is 3.14. The summed E-state index contributed by atoms with van der Waals surface area (Å²) in [4.78, 5) is 19.3. The molecule has 2 aromatic carbocycles. The van der Waals surface area contributed by atoms with Gasteiger partial charge in [0.05, 0.1) is 12.7 Å². The van der Waals surface area contributed by atoms with Crippen molar-refractivity contribution in [2.75, 3.05) is 20.4 Å². The molecule has 5 rings (SSSR count). The first-order valence-corrected chi connectivity index (χ1v) is 10.6. The molecule has 0 amide bonds. The molecular formula is C26H24N2O4. The second kappa shape index (κ2) is 8.48. The zero-order chi connectivity index (χ0) is 22.1. The van der Waals surface area contributed by atoms with Crippen LogP contribution in [0.5, 0.6) is 17.2 Å². The second-order valence-electron chi connectivity index (χ2n) is 7.97. The Kier molecular flexibility index (Phi) is 5.37. The molecule has 1 aromatic heterocycles. The molecule has 0 spiro atoms. The minimum absolute atomic E-state index is 0.103. The molecule has 0 atom stereocenters. The molecule has 0 saturated heterocycles. The molecule has 0 bridgehead atoms. The minimum Gasteiger partial charge on any atom is -0.496 e. The smallest absolute Gasteiger partial charge is 0.231 e. The van der Waals surface area contributed by atoms with Gasteiger partial charge in [0.15, 0.2) is 5.76 Å². The van der Waals surface area contributed by atoms with E-state index < -0.39 is 0 Å². The number of Topliss-reactive ketones (excluding diaryl/α,β-unsaturated/α-hetero) is 1. The van der Waals surface area contributed by atoms with Gasteiger partial charge in [-0.1, -0.05) is 18.2 Å². The van der Waals surface area contributed by atoms with Crippen molar-refractivity contribution >= 4 is 11.9 Å². The zero-order valence-electron chi connectivity index (χ0n) is 18.1. The lowest BCUT2D eigenvalue weighted by atomic mass is 10.00. The quantitative estimate of drug-likeness (QED) is 0.561. The van der Waals surface area contributed by atoms with E-state index in [2.05, 4.69) is 16.0 Å². The summed E-state index contributed by atoms with van der Waals surface area (Å²) in [5, 5.41) is 0. The molecule has 6 heteroatoms. The Labute approximate surface area is 187 Å². The van der Waals surface area contributed by atoms with Crippen LogP contribution in [-0.2, 0) is 13.0 Å². The van der Waals surface area contributed by atoms with E-state index in [4.69, 9.17) is 14.2 Å². The van der Waals surface area contributed by atoms with Crippen molar-refractivity contribution in [1.29, 1.82) is 0 Å². The molecule has 0 fully saturated rings. The van der Waals surface area contributed by atoms with Crippen LogP contribution in [0.3, 0.4) is 0 Å². The SMILES string of the molecule is COc1ccccc1CCN1COc2c(cc3c(c2C)O/C(=C\c2ccncc2)C3=O)C1. The second-order valence-corrected chi connectivity index (χ2v) is 7.97. The maximum absolute atomic E-state index is 13.0. The van der Waals surface area contributed by atoms with Crippen molar-refractivity contribution in [3.8, 4) is 17.2 Å². The van der Waals surface area contributed by atoms with Crippen LogP contribution < -0.4 is 14.2 Å². The molecule has 0 saturated carbocycles. The fourth-order valence-corrected chi connectivity index (χ4v) is 4.24. The summed E-state index contributed by atoms with van der Waals surface area (Å²) >= 11 is 0. The number of hydrogen-bond donors (Lipinski definition) is 0. The van der Waals surface area contributed by atoms with Gasteiger partial charge in [-0.15, -0.1) is 0 Å². The molecule has 2 aliphatic heterocycles. The van der Waals surface area contributed by atoms with Crippen molar-refractivity contribution in [1.82, 2.24) is 9.88 Å². The number of hydrogen-bond acceptors (Lipinski definition) is 6. The highest BCUT2D eigenvalue weighted by Gasteiger charge is 2.33. The number of ketones is 1. The number of rotatable bonds is 5. The van der Waals surface area contributed by atoms with E-state index in [-0.39, 0.29) is 5.78 Å². The Balaban J connectivity index is 1.36. The third-order valence-corrected chi connectivity index (χ3v) is 5.90. The summed E-state index contributed by atoms with van der Waals surface area (Å²) in [6, 6.07) is 13.7. The van der Waals surface area contributed by atoms with Gasteiger partial charge in [0.2, 0.25) is 5.78 Å². The number of benzene rings is 2. The molecule has 6 nitrogen and oxygen atoms in total. The number of carbonyl (C=O) groups excluding carboxylic acids is 1. The van der Waals surface area contributed by atoms with E-state index in [1.54, 1.807) is 25.6 Å². The van der Waals surface area contributed by atoms with Gasteiger partial charge in [-0.25, -0.2) is 0 Å². The first-order chi connectivity index (χ1) is 15.6. The van der Waals surface area contributed by atoms with Crippen LogP contribution in [0.1, 0.15) is 32.6 Å². The van der Waals surface area contributed by atoms with Crippen molar-refractivity contribution in [2.45, 2.75) is 19.9 Å². The number of methoxy groups -OCH3 is 1. The van der Waals surface area contributed by atoms with Crippen molar-refractivity contribution < 1.29 is 19.0 Å². The first-order valence-electron chi connectivity index (χ1n) is 10.6. The molecule has 3 aromatic rings. The van der Waals surface area contributed by atoms with Crippen LogP contribution in [0.25, 0.3) is 6.08 Å². The maximum Gasteiger partial charge on any atom is 0.231 e. The monoisotopic (exact) mass is 428 g/mol. The predicted molar refractivity (Wildman–Crippen MR) is 121 cm³/mol. The van der Waals surface area contributed by atoms with Gasteiger partial charge in [-0.05, 0) is 54.8 Å². The Hall–Kier alpha value is -3.64. The number of nitrogens with zero attached hydrogens (tertiary/aromatic N) is 2. The number of fused-ring (bicyclic) bond motifs is 2. The van der Waals surface area contributed by atoms with E-state index in [1.807, 2.05) is 43.3 Å². The minimum atomic E-state index is -0.103. The lowest BCUT2D eigenvalue weighted by molar-refractivity contribution is 0.0952. The molecule has 3 heterocycles. The zero-order valence-corrected chi connectivity index (χ0v) is 18.1. The van der Waals surface area contributed by atoms with E-state index in [0.717, 1.165) is 47.7 Å². The van der Waals surface area contributed by atoms with Gasteiger partial charge in [0.1, 0.15) is 24.0 Å². The molecule has 32 heavy (non-hydrogen) atoms. The van der Waals surface area contributed by atoms with Gasteiger partial charge in [-0.3, -0.25) is 14.7 Å². The number of para-hydroxylation sites is 1. The van der Waals surface area contributed by atoms with E-state index in [9.17, 15) is 4.79 Å². The number of carbonyl (C=O) groups is 1. The molecular weight excluding hydrogens is 404 g/mol. The normalized spacial score (nSPS) is 16.3. The fourth-order valence-electron chi connectivity index (χ4n) is 4.24. The predicted octanol–water partition coefficient (Wildman–Crippen LogP) is 4.41. The molecule has 0 unspecified atom stereocenters. The molecule has 0 radical (unpaired) electrons. The highest BCUT2D eigenvalue weighted by Crippen LogP contribution is 2.43. The summed E-state index contributed by atoms with van der Waals surface area (Å²) in [7, 11) is 1.69. The lowest BCUT2D eigenvalue weighted by Gasteiger charge is -2.30. The Morgan fingerprint density at radius 2 is 1.97 bits per heavy atom. The highest BCUT2D eigenvalue weighted by molar-refractivity contribution is 6.15. The molecule has 2 aliphatic rings.